The molecule has 1 aliphatic rings. The summed E-state index contributed by atoms with van der Waals surface area (Å²) in [4.78, 5) is 12.4. The molecule has 1 fully saturated rings. The molecule has 9 nitrogen and oxygen atoms in total. The predicted octanol–water partition coefficient (Wildman–Crippen LogP) is 1.29. The second kappa shape index (κ2) is 10.4. The van der Waals surface area contributed by atoms with Crippen LogP contribution in [0.3, 0.4) is 0 Å². The molecule has 11 heteroatoms. The van der Waals surface area contributed by atoms with E-state index < -0.39 is 26.0 Å². The monoisotopic (exact) mass is 481 g/mol. The Balaban J connectivity index is 1.43. The molecular formula is C21H27N3O6S2. The van der Waals surface area contributed by atoms with Crippen molar-refractivity contribution in [3.05, 3.63) is 54.6 Å². The van der Waals surface area contributed by atoms with Gasteiger partial charge in [-0.05, 0) is 49.2 Å². The third-order valence-electron chi connectivity index (χ3n) is 5.04. The first-order valence-corrected chi connectivity index (χ1v) is 13.1. The van der Waals surface area contributed by atoms with E-state index in [1.165, 1.54) is 35.6 Å². The van der Waals surface area contributed by atoms with E-state index in [0.29, 0.717) is 18.8 Å². The Morgan fingerprint density at radius 2 is 1.59 bits per heavy atom. The molecule has 2 aromatic rings. The number of nitrogens with one attached hydrogen (secondary N) is 1. The van der Waals surface area contributed by atoms with Crippen molar-refractivity contribution in [2.24, 2.45) is 0 Å². The van der Waals surface area contributed by atoms with Crippen LogP contribution in [0.2, 0.25) is 0 Å². The Hall–Kier alpha value is -2.47. The number of ether oxygens (including phenoxy) is 1. The minimum absolute atomic E-state index is 0.119. The maximum atomic E-state index is 12.5. The molecule has 3 rings (SSSR count). The molecule has 0 saturated carbocycles. The zero-order valence-corrected chi connectivity index (χ0v) is 19.4. The number of carbonyl (C=O) groups excluding carboxylic acids is 1. The molecule has 0 radical (unpaired) electrons. The lowest BCUT2D eigenvalue weighted by atomic mass is 10.3. The van der Waals surface area contributed by atoms with Gasteiger partial charge >= 0.3 is 0 Å². The summed E-state index contributed by atoms with van der Waals surface area (Å²) in [5, 5.41) is 2.61. The van der Waals surface area contributed by atoms with Crippen molar-refractivity contribution in [3.8, 4) is 5.75 Å². The normalized spacial score (nSPS) is 15.1. The fourth-order valence-corrected chi connectivity index (χ4v) is 5.93. The summed E-state index contributed by atoms with van der Waals surface area (Å²) in [5.74, 6) is 0.0195. The number of hydrogen-bond donors (Lipinski definition) is 1. The van der Waals surface area contributed by atoms with Crippen LogP contribution in [0, 0.1) is 0 Å². The lowest BCUT2D eigenvalue weighted by molar-refractivity contribution is -0.121. The van der Waals surface area contributed by atoms with E-state index in [9.17, 15) is 21.6 Å². The molecule has 0 spiro atoms. The van der Waals surface area contributed by atoms with E-state index >= 15 is 0 Å². The van der Waals surface area contributed by atoms with Gasteiger partial charge in [0.25, 0.3) is 0 Å². The van der Waals surface area contributed by atoms with Gasteiger partial charge in [-0.25, -0.2) is 16.8 Å². The molecule has 1 N–H and O–H groups in total. The van der Waals surface area contributed by atoms with Crippen molar-refractivity contribution in [2.45, 2.75) is 22.6 Å². The van der Waals surface area contributed by atoms with Gasteiger partial charge in [-0.3, -0.25) is 4.79 Å². The molecule has 0 atom stereocenters. The molecule has 1 saturated heterocycles. The van der Waals surface area contributed by atoms with Crippen molar-refractivity contribution in [1.29, 1.82) is 0 Å². The zero-order valence-electron chi connectivity index (χ0n) is 17.8. The Morgan fingerprint density at radius 1 is 0.969 bits per heavy atom. The molecule has 0 unspecified atom stereocenters. The van der Waals surface area contributed by atoms with Gasteiger partial charge in [0, 0.05) is 20.1 Å². The van der Waals surface area contributed by atoms with E-state index in [4.69, 9.17) is 4.74 Å². The van der Waals surface area contributed by atoms with Gasteiger partial charge in [-0.1, -0.05) is 18.2 Å². The highest BCUT2D eigenvalue weighted by Crippen LogP contribution is 2.22. The summed E-state index contributed by atoms with van der Waals surface area (Å²) < 4.78 is 57.9. The second-order valence-electron chi connectivity index (χ2n) is 7.36. The van der Waals surface area contributed by atoms with E-state index in [1.807, 2.05) is 0 Å². The Bertz CT molecular complexity index is 1110. The summed E-state index contributed by atoms with van der Waals surface area (Å²) >= 11 is 0. The van der Waals surface area contributed by atoms with Gasteiger partial charge in [0.2, 0.25) is 26.0 Å². The Morgan fingerprint density at radius 3 is 2.22 bits per heavy atom. The standard InChI is InChI=1S/C21H27N3O6S2/c1-23(31(26,27)19-7-3-2-4-8-19)17-21(25)22-13-16-30-18-9-11-20(12-10-18)32(28,29)24-14-5-6-15-24/h2-4,7-12H,5-6,13-17H2,1H3,(H,22,25). The van der Waals surface area contributed by atoms with E-state index in [1.54, 1.807) is 30.3 Å². The first-order valence-electron chi connectivity index (χ1n) is 10.2. The first kappa shape index (κ1) is 24.2. The summed E-state index contributed by atoms with van der Waals surface area (Å²) in [6, 6.07) is 14.1. The van der Waals surface area contributed by atoms with Crippen LogP contribution >= 0.6 is 0 Å². The molecular weight excluding hydrogens is 454 g/mol. The Kier molecular flexibility index (Phi) is 7.88. The minimum Gasteiger partial charge on any atom is -0.492 e. The largest absolute Gasteiger partial charge is 0.492 e. The summed E-state index contributed by atoms with van der Waals surface area (Å²) in [6.07, 6.45) is 1.75. The third kappa shape index (κ3) is 5.85. The highest BCUT2D eigenvalue weighted by Gasteiger charge is 2.27. The molecule has 174 valence electrons. The molecule has 0 aromatic heterocycles. The van der Waals surface area contributed by atoms with Gasteiger partial charge in [0.15, 0.2) is 0 Å². The quantitative estimate of drug-likeness (QED) is 0.512. The summed E-state index contributed by atoms with van der Waals surface area (Å²) in [7, 11) is -5.87. The van der Waals surface area contributed by atoms with Crippen LogP contribution in [0.5, 0.6) is 5.75 Å². The SMILES string of the molecule is CN(CC(=O)NCCOc1ccc(S(=O)(=O)N2CCCC2)cc1)S(=O)(=O)c1ccccc1. The number of nitrogens with zero attached hydrogens (tertiary/aromatic N) is 2. The summed E-state index contributed by atoms with van der Waals surface area (Å²) in [5.41, 5.74) is 0. The van der Waals surface area contributed by atoms with Crippen molar-refractivity contribution in [3.63, 3.8) is 0 Å². The number of benzene rings is 2. The van der Waals surface area contributed by atoms with Crippen LogP contribution in [0.15, 0.2) is 64.4 Å². The van der Waals surface area contributed by atoms with Crippen LogP contribution in [0.25, 0.3) is 0 Å². The van der Waals surface area contributed by atoms with Crippen molar-refractivity contribution in [1.82, 2.24) is 13.9 Å². The molecule has 2 aromatic carbocycles. The highest BCUT2D eigenvalue weighted by molar-refractivity contribution is 7.89. The number of sulfonamides is 2. The molecule has 0 aliphatic carbocycles. The maximum Gasteiger partial charge on any atom is 0.243 e. The fraction of sp³-hybridized carbons (Fsp3) is 0.381. The highest BCUT2D eigenvalue weighted by atomic mass is 32.2. The van der Waals surface area contributed by atoms with Crippen LogP contribution < -0.4 is 10.1 Å². The smallest absolute Gasteiger partial charge is 0.243 e. The average Bonchev–Trinajstić information content (AvgIpc) is 3.33. The number of amides is 1. The number of rotatable bonds is 10. The average molecular weight is 482 g/mol. The van der Waals surface area contributed by atoms with Crippen LogP contribution in [0.1, 0.15) is 12.8 Å². The van der Waals surface area contributed by atoms with Gasteiger partial charge < -0.3 is 10.1 Å². The van der Waals surface area contributed by atoms with Gasteiger partial charge in [-0.15, -0.1) is 0 Å². The first-order chi connectivity index (χ1) is 15.2. The van der Waals surface area contributed by atoms with Crippen LogP contribution in [-0.4, -0.2) is 71.2 Å². The fourth-order valence-electron chi connectivity index (χ4n) is 3.26. The van der Waals surface area contributed by atoms with Crippen molar-refractivity contribution < 1.29 is 26.4 Å². The van der Waals surface area contributed by atoms with Crippen molar-refractivity contribution in [2.75, 3.05) is 39.8 Å². The number of hydrogen-bond acceptors (Lipinski definition) is 6. The molecule has 0 bridgehead atoms. The summed E-state index contributed by atoms with van der Waals surface area (Å²) in [6.45, 7) is 1.09. The molecule has 1 heterocycles. The van der Waals surface area contributed by atoms with Crippen molar-refractivity contribution >= 4 is 26.0 Å². The van der Waals surface area contributed by atoms with Crippen LogP contribution in [-0.2, 0) is 24.8 Å². The van der Waals surface area contributed by atoms with Crippen LogP contribution in [0.4, 0.5) is 0 Å². The minimum atomic E-state index is -3.74. The topological polar surface area (TPSA) is 113 Å². The lowest BCUT2D eigenvalue weighted by Gasteiger charge is -2.17. The second-order valence-corrected chi connectivity index (χ2v) is 11.3. The third-order valence-corrected chi connectivity index (χ3v) is 8.77. The maximum absolute atomic E-state index is 12.5. The lowest BCUT2D eigenvalue weighted by Crippen LogP contribution is -2.39. The van der Waals surface area contributed by atoms with Gasteiger partial charge in [0.05, 0.1) is 22.9 Å². The van der Waals surface area contributed by atoms with Gasteiger partial charge in [-0.2, -0.15) is 8.61 Å². The zero-order chi connectivity index (χ0) is 23.2. The number of carbonyl (C=O) groups is 1. The van der Waals surface area contributed by atoms with Gasteiger partial charge in [0.1, 0.15) is 12.4 Å². The molecule has 1 aliphatic heterocycles. The van der Waals surface area contributed by atoms with E-state index in [2.05, 4.69) is 5.32 Å². The Labute approximate surface area is 189 Å². The predicted molar refractivity (Wildman–Crippen MR) is 119 cm³/mol. The number of likely N-dealkylation sites (N-methyl/N-ethyl adjacent to an activating group) is 1. The van der Waals surface area contributed by atoms with E-state index in [0.717, 1.165) is 17.1 Å². The molecule has 32 heavy (non-hydrogen) atoms. The molecule has 1 amide bonds. The van der Waals surface area contributed by atoms with E-state index in [-0.39, 0.29) is 29.5 Å².